The number of halogens is 2. The van der Waals surface area contributed by atoms with Crippen molar-refractivity contribution in [3.63, 3.8) is 0 Å². The quantitative estimate of drug-likeness (QED) is 0.655. The van der Waals surface area contributed by atoms with Crippen LogP contribution in [0.25, 0.3) is 0 Å². The normalized spacial score (nSPS) is 26.9. The lowest BCUT2D eigenvalue weighted by atomic mass is 9.95. The van der Waals surface area contributed by atoms with Gasteiger partial charge in [0.15, 0.2) is 0 Å². The summed E-state index contributed by atoms with van der Waals surface area (Å²) in [7, 11) is 0. The first-order valence-electron chi connectivity index (χ1n) is 4.90. The van der Waals surface area contributed by atoms with Crippen LogP contribution in [0.3, 0.4) is 0 Å². The second-order valence-electron chi connectivity index (χ2n) is 3.95. The van der Waals surface area contributed by atoms with E-state index < -0.39 is 15.7 Å². The number of benzene rings is 1. The standard InChI is InChI=1S/C12H11Cl2NO/c13-12(14)8-11(12,7-6-10(15)16)9-4-2-1-3-5-9/h1-7H,8H2,(H2,15,16)/b7-6+. The molecule has 1 aliphatic rings. The largest absolute Gasteiger partial charge is 0.366 e. The Bertz CT molecular complexity index is 442. The van der Waals surface area contributed by atoms with Gasteiger partial charge in [0, 0.05) is 5.41 Å². The van der Waals surface area contributed by atoms with Crippen molar-refractivity contribution in [3.05, 3.63) is 48.0 Å². The molecule has 0 aliphatic heterocycles. The number of carbonyl (C=O) groups is 1. The van der Waals surface area contributed by atoms with Gasteiger partial charge in [0.05, 0.1) is 0 Å². The van der Waals surface area contributed by atoms with E-state index in [0.29, 0.717) is 6.42 Å². The van der Waals surface area contributed by atoms with Crippen molar-refractivity contribution < 1.29 is 4.79 Å². The van der Waals surface area contributed by atoms with Crippen LogP contribution < -0.4 is 5.73 Å². The molecule has 2 rings (SSSR count). The molecule has 1 atom stereocenters. The zero-order chi connectivity index (χ0) is 11.8. The molecule has 0 aromatic heterocycles. The number of alkyl halides is 2. The first kappa shape index (κ1) is 11.5. The van der Waals surface area contributed by atoms with Crippen LogP contribution in [-0.4, -0.2) is 10.2 Å². The number of primary amides is 1. The average molecular weight is 256 g/mol. The smallest absolute Gasteiger partial charge is 0.241 e. The summed E-state index contributed by atoms with van der Waals surface area (Å²) in [5, 5.41) is 0. The fourth-order valence-corrected chi connectivity index (χ4v) is 2.62. The van der Waals surface area contributed by atoms with E-state index >= 15 is 0 Å². The molecule has 4 heteroatoms. The van der Waals surface area contributed by atoms with Gasteiger partial charge in [-0.1, -0.05) is 36.4 Å². The predicted octanol–water partition coefficient (Wildman–Crippen LogP) is 2.54. The van der Waals surface area contributed by atoms with Gasteiger partial charge in [-0.05, 0) is 18.1 Å². The molecule has 0 heterocycles. The van der Waals surface area contributed by atoms with Gasteiger partial charge in [0.2, 0.25) is 5.91 Å². The van der Waals surface area contributed by atoms with Crippen molar-refractivity contribution in [3.8, 4) is 0 Å². The molecule has 0 saturated heterocycles. The predicted molar refractivity (Wildman–Crippen MR) is 65.5 cm³/mol. The Morgan fingerprint density at radius 2 is 1.88 bits per heavy atom. The third-order valence-corrected chi connectivity index (χ3v) is 3.79. The van der Waals surface area contributed by atoms with Crippen LogP contribution in [0.4, 0.5) is 0 Å². The van der Waals surface area contributed by atoms with Crippen molar-refractivity contribution in [2.45, 2.75) is 16.2 Å². The number of allylic oxidation sites excluding steroid dienone is 1. The maximum atomic E-state index is 10.8. The number of amides is 1. The molecule has 1 unspecified atom stereocenters. The number of rotatable bonds is 3. The lowest BCUT2D eigenvalue weighted by Crippen LogP contribution is -2.14. The number of hydrogen-bond donors (Lipinski definition) is 1. The third-order valence-electron chi connectivity index (χ3n) is 2.85. The molecule has 1 aliphatic carbocycles. The van der Waals surface area contributed by atoms with Crippen molar-refractivity contribution in [2.24, 2.45) is 5.73 Å². The third kappa shape index (κ3) is 1.83. The molecular weight excluding hydrogens is 245 g/mol. The van der Waals surface area contributed by atoms with E-state index in [-0.39, 0.29) is 0 Å². The minimum Gasteiger partial charge on any atom is -0.366 e. The van der Waals surface area contributed by atoms with Crippen molar-refractivity contribution in [2.75, 3.05) is 0 Å². The van der Waals surface area contributed by atoms with Gasteiger partial charge in [0.25, 0.3) is 0 Å². The molecule has 1 fully saturated rings. The van der Waals surface area contributed by atoms with E-state index in [1.165, 1.54) is 6.08 Å². The minimum atomic E-state index is -0.847. The second kappa shape index (κ2) is 3.79. The maximum Gasteiger partial charge on any atom is 0.241 e. The van der Waals surface area contributed by atoms with E-state index in [1.54, 1.807) is 6.08 Å². The molecule has 1 saturated carbocycles. The fourth-order valence-electron chi connectivity index (χ4n) is 1.86. The van der Waals surface area contributed by atoms with Gasteiger partial charge < -0.3 is 5.73 Å². The highest BCUT2D eigenvalue weighted by Crippen LogP contribution is 2.65. The highest BCUT2D eigenvalue weighted by molar-refractivity contribution is 6.52. The molecule has 16 heavy (non-hydrogen) atoms. The molecular formula is C12H11Cl2NO. The summed E-state index contributed by atoms with van der Waals surface area (Å²) in [6.45, 7) is 0. The van der Waals surface area contributed by atoms with E-state index in [9.17, 15) is 4.79 Å². The zero-order valence-electron chi connectivity index (χ0n) is 8.49. The van der Waals surface area contributed by atoms with E-state index in [2.05, 4.69) is 0 Å². The highest BCUT2D eigenvalue weighted by atomic mass is 35.5. The summed E-state index contributed by atoms with van der Waals surface area (Å²) < 4.78 is -0.847. The summed E-state index contributed by atoms with van der Waals surface area (Å²) in [5.74, 6) is -0.494. The number of hydrogen-bond acceptors (Lipinski definition) is 1. The van der Waals surface area contributed by atoms with Crippen LogP contribution >= 0.6 is 23.2 Å². The molecule has 0 bridgehead atoms. The topological polar surface area (TPSA) is 43.1 Å². The highest BCUT2D eigenvalue weighted by Gasteiger charge is 2.65. The Kier molecular flexibility index (Phi) is 2.72. The molecule has 0 radical (unpaired) electrons. The minimum absolute atomic E-state index is 0.480. The summed E-state index contributed by atoms with van der Waals surface area (Å²) in [6.07, 6.45) is 3.61. The molecule has 1 aromatic rings. The van der Waals surface area contributed by atoms with Gasteiger partial charge in [0.1, 0.15) is 4.33 Å². The monoisotopic (exact) mass is 255 g/mol. The summed E-state index contributed by atoms with van der Waals surface area (Å²) >= 11 is 12.3. The fraction of sp³-hybridized carbons (Fsp3) is 0.250. The molecule has 0 spiro atoms. The number of carbonyl (C=O) groups excluding carboxylic acids is 1. The molecule has 1 amide bonds. The van der Waals surface area contributed by atoms with E-state index in [1.807, 2.05) is 30.3 Å². The van der Waals surface area contributed by atoms with Crippen LogP contribution in [0.1, 0.15) is 12.0 Å². The first-order valence-corrected chi connectivity index (χ1v) is 5.66. The van der Waals surface area contributed by atoms with Gasteiger partial charge in [-0.3, -0.25) is 4.79 Å². The lowest BCUT2D eigenvalue weighted by Gasteiger charge is -2.13. The first-order chi connectivity index (χ1) is 7.48. The van der Waals surface area contributed by atoms with E-state index in [4.69, 9.17) is 28.9 Å². The van der Waals surface area contributed by atoms with Crippen LogP contribution in [0.2, 0.25) is 0 Å². The van der Waals surface area contributed by atoms with Crippen molar-refractivity contribution in [1.82, 2.24) is 0 Å². The number of nitrogens with two attached hydrogens (primary N) is 1. The van der Waals surface area contributed by atoms with Gasteiger partial charge in [-0.15, -0.1) is 23.2 Å². The summed E-state index contributed by atoms with van der Waals surface area (Å²) in [5.41, 5.74) is 5.60. The lowest BCUT2D eigenvalue weighted by molar-refractivity contribution is -0.113. The van der Waals surface area contributed by atoms with E-state index in [0.717, 1.165) is 5.56 Å². The van der Waals surface area contributed by atoms with Gasteiger partial charge in [-0.25, -0.2) is 0 Å². The molecule has 1 aromatic carbocycles. The SMILES string of the molecule is NC(=O)/C=C/C1(c2ccccc2)CC1(Cl)Cl. The van der Waals surface area contributed by atoms with Crippen LogP contribution in [0, 0.1) is 0 Å². The Morgan fingerprint density at radius 1 is 1.31 bits per heavy atom. The Hall–Kier alpha value is -0.990. The van der Waals surface area contributed by atoms with Crippen molar-refractivity contribution >= 4 is 29.1 Å². The Morgan fingerprint density at radius 3 is 2.31 bits per heavy atom. The Labute approximate surface area is 104 Å². The average Bonchev–Trinajstić information content (AvgIpc) is 2.81. The van der Waals surface area contributed by atoms with Gasteiger partial charge in [-0.2, -0.15) is 0 Å². The van der Waals surface area contributed by atoms with Crippen molar-refractivity contribution in [1.29, 1.82) is 0 Å². The maximum absolute atomic E-state index is 10.8. The molecule has 84 valence electrons. The molecule has 2 nitrogen and oxygen atoms in total. The van der Waals surface area contributed by atoms with Crippen LogP contribution in [0.15, 0.2) is 42.5 Å². The second-order valence-corrected chi connectivity index (χ2v) is 5.44. The van der Waals surface area contributed by atoms with Crippen LogP contribution in [-0.2, 0) is 10.2 Å². The Balaban J connectivity index is 2.37. The van der Waals surface area contributed by atoms with Crippen LogP contribution in [0.5, 0.6) is 0 Å². The summed E-state index contributed by atoms with van der Waals surface area (Å²) in [6, 6.07) is 9.63. The zero-order valence-corrected chi connectivity index (χ0v) is 10.0. The summed E-state index contributed by atoms with van der Waals surface area (Å²) in [4.78, 5) is 10.8. The molecule has 2 N–H and O–H groups in total. The van der Waals surface area contributed by atoms with Gasteiger partial charge >= 0.3 is 0 Å².